The maximum atomic E-state index is 10.9. The molecular weight excluding hydrogens is 156 g/mol. The van der Waals surface area contributed by atoms with E-state index in [2.05, 4.69) is 0 Å². The summed E-state index contributed by atoms with van der Waals surface area (Å²) in [5.41, 5.74) is 0.210. The Morgan fingerprint density at radius 1 is 1.58 bits per heavy atom. The van der Waals surface area contributed by atoms with Crippen LogP contribution < -0.4 is 0 Å². The Hall–Kier alpha value is -1.38. The molecule has 1 unspecified atom stereocenters. The molecule has 0 aromatic rings. The fourth-order valence-corrected chi connectivity index (χ4v) is 1.11. The third kappa shape index (κ3) is 1.81. The highest BCUT2D eigenvalue weighted by Gasteiger charge is 2.16. The van der Waals surface area contributed by atoms with Gasteiger partial charge in [-0.05, 0) is 13.3 Å². The van der Waals surface area contributed by atoms with Crippen LogP contribution in [0, 0.1) is 5.92 Å². The SMILES string of the molecule is CC(=O)C1C=C(C(=O)O)C=CC1. The van der Waals surface area contributed by atoms with Crippen LogP contribution >= 0.6 is 0 Å². The predicted molar refractivity (Wildman–Crippen MR) is 43.6 cm³/mol. The van der Waals surface area contributed by atoms with Gasteiger partial charge < -0.3 is 5.11 Å². The smallest absolute Gasteiger partial charge is 0.335 e. The molecule has 1 rings (SSSR count). The Balaban J connectivity index is 2.82. The van der Waals surface area contributed by atoms with E-state index in [1.165, 1.54) is 19.1 Å². The van der Waals surface area contributed by atoms with E-state index in [1.54, 1.807) is 6.08 Å². The molecule has 64 valence electrons. The van der Waals surface area contributed by atoms with Crippen molar-refractivity contribution in [2.75, 3.05) is 0 Å². The minimum atomic E-state index is -0.975. The normalized spacial score (nSPS) is 21.8. The molecule has 0 radical (unpaired) electrons. The van der Waals surface area contributed by atoms with Gasteiger partial charge in [0.2, 0.25) is 0 Å². The van der Waals surface area contributed by atoms with E-state index in [1.807, 2.05) is 0 Å². The van der Waals surface area contributed by atoms with Crippen molar-refractivity contribution in [3.05, 3.63) is 23.8 Å². The molecule has 0 fully saturated rings. The predicted octanol–water partition coefficient (Wildman–Crippen LogP) is 1.16. The summed E-state index contributed by atoms with van der Waals surface area (Å²) in [7, 11) is 0. The maximum Gasteiger partial charge on any atom is 0.335 e. The third-order valence-electron chi connectivity index (χ3n) is 1.84. The second kappa shape index (κ2) is 3.34. The highest BCUT2D eigenvalue weighted by molar-refractivity contribution is 5.92. The first-order chi connectivity index (χ1) is 5.61. The van der Waals surface area contributed by atoms with Crippen molar-refractivity contribution in [3.8, 4) is 0 Å². The number of aliphatic carboxylic acids is 1. The molecule has 0 aliphatic heterocycles. The van der Waals surface area contributed by atoms with E-state index in [9.17, 15) is 9.59 Å². The lowest BCUT2D eigenvalue weighted by atomic mass is 9.93. The minimum absolute atomic E-state index is 0.0121. The van der Waals surface area contributed by atoms with Gasteiger partial charge in [-0.2, -0.15) is 0 Å². The van der Waals surface area contributed by atoms with E-state index in [0.29, 0.717) is 6.42 Å². The highest BCUT2D eigenvalue weighted by Crippen LogP contribution is 2.17. The topological polar surface area (TPSA) is 54.4 Å². The lowest BCUT2D eigenvalue weighted by Gasteiger charge is -2.10. The van der Waals surface area contributed by atoms with Crippen molar-refractivity contribution in [2.45, 2.75) is 13.3 Å². The van der Waals surface area contributed by atoms with Crippen LogP contribution in [0.5, 0.6) is 0 Å². The highest BCUT2D eigenvalue weighted by atomic mass is 16.4. The van der Waals surface area contributed by atoms with Crippen LogP contribution in [0.1, 0.15) is 13.3 Å². The molecule has 12 heavy (non-hydrogen) atoms. The van der Waals surface area contributed by atoms with Crippen molar-refractivity contribution in [2.24, 2.45) is 5.92 Å². The van der Waals surface area contributed by atoms with Gasteiger partial charge in [0, 0.05) is 5.92 Å². The second-order valence-electron chi connectivity index (χ2n) is 2.78. The number of ketones is 1. The van der Waals surface area contributed by atoms with Crippen LogP contribution in [0.15, 0.2) is 23.8 Å². The van der Waals surface area contributed by atoms with Crippen LogP contribution in [0.4, 0.5) is 0 Å². The number of hydrogen-bond donors (Lipinski definition) is 1. The Morgan fingerprint density at radius 3 is 2.75 bits per heavy atom. The zero-order valence-electron chi connectivity index (χ0n) is 6.78. The van der Waals surface area contributed by atoms with Gasteiger partial charge >= 0.3 is 5.97 Å². The molecule has 1 atom stereocenters. The van der Waals surface area contributed by atoms with Crippen LogP contribution in [0.25, 0.3) is 0 Å². The first-order valence-electron chi connectivity index (χ1n) is 3.73. The van der Waals surface area contributed by atoms with Crippen molar-refractivity contribution in [3.63, 3.8) is 0 Å². The molecular formula is C9H10O3. The van der Waals surface area contributed by atoms with Crippen LogP contribution in [-0.2, 0) is 9.59 Å². The standard InChI is InChI=1S/C9H10O3/c1-6(10)7-3-2-4-8(5-7)9(11)12/h2,4-5,7H,3H2,1H3,(H,11,12). The zero-order chi connectivity index (χ0) is 9.14. The van der Waals surface area contributed by atoms with Gasteiger partial charge in [-0.1, -0.05) is 18.2 Å². The lowest BCUT2D eigenvalue weighted by molar-refractivity contribution is -0.132. The summed E-state index contributed by atoms with van der Waals surface area (Å²) in [5, 5.41) is 8.61. The molecule has 3 heteroatoms. The number of allylic oxidation sites excluding steroid dienone is 2. The average molecular weight is 166 g/mol. The van der Waals surface area contributed by atoms with E-state index >= 15 is 0 Å². The van der Waals surface area contributed by atoms with E-state index < -0.39 is 5.97 Å². The summed E-state index contributed by atoms with van der Waals surface area (Å²) in [6.45, 7) is 1.47. The van der Waals surface area contributed by atoms with Crippen molar-refractivity contribution >= 4 is 11.8 Å². The summed E-state index contributed by atoms with van der Waals surface area (Å²) >= 11 is 0. The van der Waals surface area contributed by atoms with E-state index in [0.717, 1.165) is 0 Å². The number of carbonyl (C=O) groups excluding carboxylic acids is 1. The molecule has 0 aromatic carbocycles. The average Bonchev–Trinajstić information content (AvgIpc) is 2.04. The van der Waals surface area contributed by atoms with E-state index in [4.69, 9.17) is 5.11 Å². The summed E-state index contributed by atoms with van der Waals surface area (Å²) in [5.74, 6) is -1.21. The van der Waals surface area contributed by atoms with Gasteiger partial charge in [0.1, 0.15) is 5.78 Å². The van der Waals surface area contributed by atoms with Crippen molar-refractivity contribution < 1.29 is 14.7 Å². The maximum absolute atomic E-state index is 10.9. The van der Waals surface area contributed by atoms with Crippen LogP contribution in [0.2, 0.25) is 0 Å². The Kier molecular flexibility index (Phi) is 2.43. The largest absolute Gasteiger partial charge is 0.478 e. The minimum Gasteiger partial charge on any atom is -0.478 e. The quantitative estimate of drug-likeness (QED) is 0.669. The van der Waals surface area contributed by atoms with Crippen molar-refractivity contribution in [1.82, 2.24) is 0 Å². The summed E-state index contributed by atoms with van der Waals surface area (Å²) in [4.78, 5) is 21.4. The molecule has 0 amide bonds. The second-order valence-corrected chi connectivity index (χ2v) is 2.78. The Bertz CT molecular complexity index is 273. The van der Waals surface area contributed by atoms with Gasteiger partial charge in [-0.3, -0.25) is 4.79 Å². The number of Topliss-reactive ketones (excluding diaryl/α,β-unsaturated/α-hetero) is 1. The van der Waals surface area contributed by atoms with Gasteiger partial charge in [-0.25, -0.2) is 4.79 Å². The molecule has 0 saturated heterocycles. The lowest BCUT2D eigenvalue weighted by Crippen LogP contribution is -2.12. The zero-order valence-corrected chi connectivity index (χ0v) is 6.78. The van der Waals surface area contributed by atoms with Gasteiger partial charge in [0.15, 0.2) is 0 Å². The van der Waals surface area contributed by atoms with Crippen molar-refractivity contribution in [1.29, 1.82) is 0 Å². The molecule has 0 aromatic heterocycles. The monoisotopic (exact) mass is 166 g/mol. The van der Waals surface area contributed by atoms with Gasteiger partial charge in [0.05, 0.1) is 5.57 Å². The first kappa shape index (κ1) is 8.71. The van der Waals surface area contributed by atoms with Gasteiger partial charge in [-0.15, -0.1) is 0 Å². The van der Waals surface area contributed by atoms with E-state index in [-0.39, 0.29) is 17.3 Å². The number of carboxylic acid groups (broad SMARTS) is 1. The van der Waals surface area contributed by atoms with Crippen LogP contribution in [-0.4, -0.2) is 16.9 Å². The molecule has 3 nitrogen and oxygen atoms in total. The molecule has 0 spiro atoms. The number of carboxylic acids is 1. The summed E-state index contributed by atoms with van der Waals surface area (Å²) < 4.78 is 0. The fraction of sp³-hybridized carbons (Fsp3) is 0.333. The number of carbonyl (C=O) groups is 2. The number of hydrogen-bond acceptors (Lipinski definition) is 2. The molecule has 1 aliphatic carbocycles. The summed E-state index contributed by atoms with van der Waals surface area (Å²) in [6, 6.07) is 0. The first-order valence-corrected chi connectivity index (χ1v) is 3.73. The number of rotatable bonds is 2. The van der Waals surface area contributed by atoms with Crippen LogP contribution in [0.3, 0.4) is 0 Å². The molecule has 0 heterocycles. The molecule has 0 saturated carbocycles. The fourth-order valence-electron chi connectivity index (χ4n) is 1.11. The summed E-state index contributed by atoms with van der Waals surface area (Å²) in [6.07, 6.45) is 5.37. The molecule has 1 aliphatic rings. The Morgan fingerprint density at radius 2 is 2.25 bits per heavy atom. The third-order valence-corrected chi connectivity index (χ3v) is 1.84. The Labute approximate surface area is 70.4 Å². The molecule has 1 N–H and O–H groups in total. The molecule has 0 bridgehead atoms. The van der Waals surface area contributed by atoms with Gasteiger partial charge in [0.25, 0.3) is 0 Å².